The van der Waals surface area contributed by atoms with E-state index < -0.39 is 11.6 Å². The highest BCUT2D eigenvalue weighted by molar-refractivity contribution is 6.09. The van der Waals surface area contributed by atoms with Gasteiger partial charge < -0.3 is 10.6 Å². The van der Waals surface area contributed by atoms with Crippen LogP contribution in [0.5, 0.6) is 0 Å². The molecule has 1 aromatic rings. The summed E-state index contributed by atoms with van der Waals surface area (Å²) in [5.41, 5.74) is 0.510. The lowest BCUT2D eigenvalue weighted by atomic mass is 9.67. The van der Waals surface area contributed by atoms with Gasteiger partial charge in [0.15, 0.2) is 0 Å². The molecule has 1 atom stereocenters. The van der Waals surface area contributed by atoms with Crippen LogP contribution < -0.4 is 10.6 Å². The number of imide groups is 1. The Kier molecular flexibility index (Phi) is 6.01. The lowest BCUT2D eigenvalue weighted by Gasteiger charge is -2.40. The molecule has 6 nitrogen and oxygen atoms in total. The van der Waals surface area contributed by atoms with Gasteiger partial charge in [-0.15, -0.1) is 0 Å². The highest BCUT2D eigenvalue weighted by Crippen LogP contribution is 2.43. The molecule has 1 spiro atoms. The Balaban J connectivity index is 1.54. The average Bonchev–Trinajstić information content (AvgIpc) is 2.90. The van der Waals surface area contributed by atoms with Gasteiger partial charge in [-0.2, -0.15) is 0 Å². The summed E-state index contributed by atoms with van der Waals surface area (Å²) in [6, 6.07) is 9.48. The van der Waals surface area contributed by atoms with Gasteiger partial charge in [0.1, 0.15) is 12.1 Å². The number of hydrogen-bond acceptors (Lipinski definition) is 3. The van der Waals surface area contributed by atoms with Crippen LogP contribution >= 0.6 is 0 Å². The minimum absolute atomic E-state index is 0.155. The van der Waals surface area contributed by atoms with E-state index in [-0.39, 0.29) is 29.7 Å². The Morgan fingerprint density at radius 3 is 2.41 bits per heavy atom. The number of nitrogens with zero attached hydrogens (tertiary/aromatic N) is 1. The Hall–Kier alpha value is -2.37. The topological polar surface area (TPSA) is 78.5 Å². The minimum atomic E-state index is -0.823. The second kappa shape index (κ2) is 8.17. The van der Waals surface area contributed by atoms with Gasteiger partial charge >= 0.3 is 6.03 Å². The zero-order valence-electron chi connectivity index (χ0n) is 18.0. The van der Waals surface area contributed by atoms with Crippen molar-refractivity contribution in [2.75, 3.05) is 13.1 Å². The molecule has 158 valence electrons. The first-order valence-corrected chi connectivity index (χ1v) is 10.6. The highest BCUT2D eigenvalue weighted by atomic mass is 16.2. The molecule has 1 aliphatic carbocycles. The summed E-state index contributed by atoms with van der Waals surface area (Å²) in [6.45, 7) is 8.93. The Labute approximate surface area is 173 Å². The number of urea groups is 1. The van der Waals surface area contributed by atoms with Crippen molar-refractivity contribution in [3.05, 3.63) is 35.9 Å². The largest absolute Gasteiger partial charge is 0.354 e. The van der Waals surface area contributed by atoms with Gasteiger partial charge in [0.25, 0.3) is 5.91 Å². The van der Waals surface area contributed by atoms with E-state index in [4.69, 9.17) is 0 Å². The third-order valence-electron chi connectivity index (χ3n) is 6.59. The molecule has 1 aromatic carbocycles. The standard InChI is InChI=1S/C23H33N3O3/c1-16(17-8-6-5-7-9-17)14-24-19(27)15-26-20(28)23(25-21(26)29)12-10-18(11-13-23)22(2,3)4/h5-9,16,18H,10-15H2,1-4H3,(H,24,27)(H,25,29). The smallest absolute Gasteiger partial charge is 0.325 e. The van der Waals surface area contributed by atoms with E-state index in [9.17, 15) is 14.4 Å². The highest BCUT2D eigenvalue weighted by Gasteiger charge is 2.53. The van der Waals surface area contributed by atoms with Gasteiger partial charge in [-0.05, 0) is 48.5 Å². The lowest BCUT2D eigenvalue weighted by molar-refractivity contribution is -0.136. The van der Waals surface area contributed by atoms with E-state index in [0.717, 1.165) is 23.3 Å². The van der Waals surface area contributed by atoms with Gasteiger partial charge in [-0.3, -0.25) is 14.5 Å². The van der Waals surface area contributed by atoms with Crippen molar-refractivity contribution in [2.45, 2.75) is 64.8 Å². The summed E-state index contributed by atoms with van der Waals surface area (Å²) in [6.07, 6.45) is 3.10. The van der Waals surface area contributed by atoms with Crippen LogP contribution in [0.4, 0.5) is 4.79 Å². The first-order valence-electron chi connectivity index (χ1n) is 10.6. The number of carbonyl (C=O) groups is 3. The number of rotatable bonds is 5. The summed E-state index contributed by atoms with van der Waals surface area (Å²) in [7, 11) is 0. The van der Waals surface area contributed by atoms with Gasteiger partial charge in [0.2, 0.25) is 5.91 Å². The van der Waals surface area contributed by atoms with Crippen molar-refractivity contribution < 1.29 is 14.4 Å². The van der Waals surface area contributed by atoms with Crippen LogP contribution in [0, 0.1) is 11.3 Å². The van der Waals surface area contributed by atoms with Crippen LogP contribution in [0.2, 0.25) is 0 Å². The molecule has 1 saturated carbocycles. The fourth-order valence-corrected chi connectivity index (χ4v) is 4.50. The van der Waals surface area contributed by atoms with Crippen LogP contribution in [0.15, 0.2) is 30.3 Å². The van der Waals surface area contributed by atoms with Gasteiger partial charge in [-0.1, -0.05) is 58.0 Å². The summed E-state index contributed by atoms with van der Waals surface area (Å²) < 4.78 is 0. The molecule has 2 fully saturated rings. The van der Waals surface area contributed by atoms with E-state index in [1.165, 1.54) is 0 Å². The Morgan fingerprint density at radius 2 is 1.83 bits per heavy atom. The normalized spacial score (nSPS) is 25.8. The van der Waals surface area contributed by atoms with Crippen molar-refractivity contribution in [3.8, 4) is 0 Å². The van der Waals surface area contributed by atoms with Crippen molar-refractivity contribution in [2.24, 2.45) is 11.3 Å². The van der Waals surface area contributed by atoms with E-state index in [1.807, 2.05) is 37.3 Å². The SMILES string of the molecule is CC(CNC(=O)CN1C(=O)NC2(CCC(C(C)(C)C)CC2)C1=O)c1ccccc1. The van der Waals surface area contributed by atoms with Crippen molar-refractivity contribution >= 4 is 17.8 Å². The fraction of sp³-hybridized carbons (Fsp3) is 0.609. The lowest BCUT2D eigenvalue weighted by Crippen LogP contribution is -2.51. The van der Waals surface area contributed by atoms with Crippen LogP contribution in [0.25, 0.3) is 0 Å². The second-order valence-corrected chi connectivity index (χ2v) is 9.66. The quantitative estimate of drug-likeness (QED) is 0.745. The monoisotopic (exact) mass is 399 g/mol. The summed E-state index contributed by atoms with van der Waals surface area (Å²) in [4.78, 5) is 38.9. The van der Waals surface area contributed by atoms with Crippen LogP contribution in [0.3, 0.4) is 0 Å². The predicted molar refractivity (Wildman–Crippen MR) is 112 cm³/mol. The third kappa shape index (κ3) is 4.62. The van der Waals surface area contributed by atoms with Gasteiger partial charge in [0, 0.05) is 6.54 Å². The molecule has 0 aromatic heterocycles. The second-order valence-electron chi connectivity index (χ2n) is 9.66. The zero-order chi connectivity index (χ0) is 21.2. The summed E-state index contributed by atoms with van der Waals surface area (Å²) in [5.74, 6) is 0.134. The molecule has 2 aliphatic rings. The molecule has 1 unspecified atom stereocenters. The molecule has 3 rings (SSSR count). The third-order valence-corrected chi connectivity index (χ3v) is 6.59. The number of hydrogen-bond donors (Lipinski definition) is 2. The number of amides is 4. The van der Waals surface area contributed by atoms with Crippen LogP contribution in [-0.4, -0.2) is 41.4 Å². The molecule has 4 amide bonds. The van der Waals surface area contributed by atoms with Crippen LogP contribution in [-0.2, 0) is 9.59 Å². The molecule has 1 saturated heterocycles. The number of nitrogens with one attached hydrogen (secondary N) is 2. The summed E-state index contributed by atoms with van der Waals surface area (Å²) >= 11 is 0. The molecule has 29 heavy (non-hydrogen) atoms. The Bertz CT molecular complexity index is 761. The minimum Gasteiger partial charge on any atom is -0.354 e. The molecule has 1 aliphatic heterocycles. The van der Waals surface area contributed by atoms with E-state index in [0.29, 0.717) is 25.3 Å². The average molecular weight is 400 g/mol. The maximum Gasteiger partial charge on any atom is 0.325 e. The molecule has 2 N–H and O–H groups in total. The molecule has 6 heteroatoms. The van der Waals surface area contributed by atoms with E-state index in [2.05, 4.69) is 31.4 Å². The molecule has 1 heterocycles. The first-order chi connectivity index (χ1) is 13.6. The zero-order valence-corrected chi connectivity index (χ0v) is 18.0. The van der Waals surface area contributed by atoms with Gasteiger partial charge in [-0.25, -0.2) is 4.79 Å². The fourth-order valence-electron chi connectivity index (χ4n) is 4.50. The Morgan fingerprint density at radius 1 is 1.21 bits per heavy atom. The molecule has 0 radical (unpaired) electrons. The summed E-state index contributed by atoms with van der Waals surface area (Å²) in [5, 5.41) is 5.75. The van der Waals surface area contributed by atoms with Crippen LogP contribution in [0.1, 0.15) is 64.9 Å². The predicted octanol–water partition coefficient (Wildman–Crippen LogP) is 3.43. The van der Waals surface area contributed by atoms with Crippen molar-refractivity contribution in [3.63, 3.8) is 0 Å². The molecular formula is C23H33N3O3. The molecular weight excluding hydrogens is 366 g/mol. The number of carbonyl (C=O) groups excluding carboxylic acids is 3. The maximum atomic E-state index is 13.0. The van der Waals surface area contributed by atoms with E-state index in [1.54, 1.807) is 0 Å². The van der Waals surface area contributed by atoms with Gasteiger partial charge in [0.05, 0.1) is 0 Å². The first kappa shape index (κ1) is 21.3. The van der Waals surface area contributed by atoms with Crippen molar-refractivity contribution in [1.29, 1.82) is 0 Å². The van der Waals surface area contributed by atoms with E-state index >= 15 is 0 Å². The van der Waals surface area contributed by atoms with Crippen molar-refractivity contribution in [1.82, 2.24) is 15.5 Å². The number of benzene rings is 1. The molecule has 0 bridgehead atoms. The maximum absolute atomic E-state index is 13.0.